The first-order valence-corrected chi connectivity index (χ1v) is 5.13. The van der Waals surface area contributed by atoms with E-state index in [2.05, 4.69) is 4.74 Å². The second kappa shape index (κ2) is 5.84. The summed E-state index contributed by atoms with van der Waals surface area (Å²) in [5.74, 6) is -0.840. The van der Waals surface area contributed by atoms with Crippen LogP contribution in [0.25, 0.3) is 0 Å². The Bertz CT molecular complexity index is 255. The third-order valence-corrected chi connectivity index (χ3v) is 1.88. The van der Waals surface area contributed by atoms with Gasteiger partial charge < -0.3 is 9.47 Å². The quantitative estimate of drug-likeness (QED) is 0.670. The van der Waals surface area contributed by atoms with Crippen LogP contribution >= 0.6 is 0 Å². The van der Waals surface area contributed by atoms with Crippen molar-refractivity contribution in [2.45, 2.75) is 38.8 Å². The van der Waals surface area contributed by atoms with Crippen LogP contribution in [0.5, 0.6) is 0 Å². The zero-order valence-corrected chi connectivity index (χ0v) is 10.9. The topological polar surface area (TPSA) is 55.8 Å². The number of ether oxygens (including phenoxy) is 2. The molecule has 0 aliphatic rings. The number of nitrogens with zero attached hydrogens (tertiary/aromatic N) is 1. The predicted octanol–water partition coefficient (Wildman–Crippen LogP) is 0.821. The second-order valence-corrected chi connectivity index (χ2v) is 4.79. The Morgan fingerprint density at radius 3 is 2.06 bits per heavy atom. The van der Waals surface area contributed by atoms with Gasteiger partial charge >= 0.3 is 11.9 Å². The lowest BCUT2D eigenvalue weighted by Crippen LogP contribution is -2.40. The van der Waals surface area contributed by atoms with Gasteiger partial charge in [-0.1, -0.05) is 0 Å². The molecule has 0 aromatic carbocycles. The molecule has 16 heavy (non-hydrogen) atoms. The number of hydrogen-bond acceptors (Lipinski definition) is 5. The molecule has 0 aromatic heterocycles. The van der Waals surface area contributed by atoms with Crippen molar-refractivity contribution >= 4 is 11.9 Å². The molecule has 0 aliphatic heterocycles. The van der Waals surface area contributed by atoms with Crippen molar-refractivity contribution < 1.29 is 19.1 Å². The lowest BCUT2D eigenvalue weighted by Gasteiger charge is -2.24. The molecular weight excluding hydrogens is 210 g/mol. The van der Waals surface area contributed by atoms with E-state index < -0.39 is 23.6 Å². The summed E-state index contributed by atoms with van der Waals surface area (Å²) in [6.45, 7) is 5.36. The third-order valence-electron chi connectivity index (χ3n) is 1.88. The highest BCUT2D eigenvalue weighted by Crippen LogP contribution is 2.11. The summed E-state index contributed by atoms with van der Waals surface area (Å²) in [5.41, 5.74) is -0.538. The van der Waals surface area contributed by atoms with Crippen LogP contribution in [0.1, 0.15) is 27.2 Å². The minimum Gasteiger partial charge on any atom is -0.468 e. The smallest absolute Gasteiger partial charge is 0.323 e. The monoisotopic (exact) mass is 231 g/mol. The molecule has 0 amide bonds. The van der Waals surface area contributed by atoms with Gasteiger partial charge in [-0.2, -0.15) is 0 Å². The van der Waals surface area contributed by atoms with Gasteiger partial charge in [0, 0.05) is 0 Å². The summed E-state index contributed by atoms with van der Waals surface area (Å²) in [5, 5.41) is 0. The number of rotatable bonds is 4. The van der Waals surface area contributed by atoms with Crippen molar-refractivity contribution in [3.05, 3.63) is 0 Å². The van der Waals surface area contributed by atoms with Crippen LogP contribution in [0.4, 0.5) is 0 Å². The normalized spacial score (nSPS) is 13.4. The standard InChI is InChI=1S/C11H21NO4/c1-11(2,3)16-9(13)7-8(12(4)5)10(14)15-6/h8H,7H2,1-6H3. The molecule has 0 N–H and O–H groups in total. The van der Waals surface area contributed by atoms with Gasteiger partial charge in [0.1, 0.15) is 11.6 Å². The molecule has 1 atom stereocenters. The Kier molecular flexibility index (Phi) is 5.44. The van der Waals surface area contributed by atoms with E-state index in [0.29, 0.717) is 0 Å². The van der Waals surface area contributed by atoms with Gasteiger partial charge in [-0.15, -0.1) is 0 Å². The molecule has 94 valence electrons. The SMILES string of the molecule is COC(=O)C(CC(=O)OC(C)(C)C)N(C)C. The first kappa shape index (κ1) is 14.9. The fourth-order valence-electron chi connectivity index (χ4n) is 1.15. The van der Waals surface area contributed by atoms with Gasteiger partial charge in [0.25, 0.3) is 0 Å². The van der Waals surface area contributed by atoms with Gasteiger partial charge in [-0.3, -0.25) is 14.5 Å². The fourth-order valence-corrected chi connectivity index (χ4v) is 1.15. The highest BCUT2D eigenvalue weighted by Gasteiger charge is 2.27. The zero-order valence-electron chi connectivity index (χ0n) is 10.9. The van der Waals surface area contributed by atoms with Crippen LogP contribution in [-0.4, -0.2) is 49.7 Å². The molecule has 0 aromatic rings. The van der Waals surface area contributed by atoms with E-state index in [9.17, 15) is 9.59 Å². The van der Waals surface area contributed by atoms with Crippen LogP contribution in [0.15, 0.2) is 0 Å². The first-order chi connectivity index (χ1) is 7.17. The second-order valence-electron chi connectivity index (χ2n) is 4.79. The molecule has 0 aliphatic carbocycles. The molecule has 5 nitrogen and oxygen atoms in total. The summed E-state index contributed by atoms with van der Waals surface area (Å²) in [4.78, 5) is 24.6. The molecule has 0 heterocycles. The minimum atomic E-state index is -0.597. The van der Waals surface area contributed by atoms with E-state index in [1.165, 1.54) is 7.11 Å². The van der Waals surface area contributed by atoms with E-state index in [-0.39, 0.29) is 6.42 Å². The summed E-state index contributed by atoms with van der Waals surface area (Å²) in [6.07, 6.45) is -0.00303. The molecule has 0 saturated heterocycles. The first-order valence-electron chi connectivity index (χ1n) is 5.13. The minimum absolute atomic E-state index is 0.00303. The van der Waals surface area contributed by atoms with E-state index >= 15 is 0 Å². The summed E-state index contributed by atoms with van der Waals surface area (Å²) < 4.78 is 9.76. The summed E-state index contributed by atoms with van der Waals surface area (Å²) in [7, 11) is 4.73. The number of hydrogen-bond donors (Lipinski definition) is 0. The van der Waals surface area contributed by atoms with E-state index in [4.69, 9.17) is 4.74 Å². The maximum Gasteiger partial charge on any atom is 0.323 e. The van der Waals surface area contributed by atoms with Crippen molar-refractivity contribution in [2.24, 2.45) is 0 Å². The molecule has 0 rings (SSSR count). The van der Waals surface area contributed by atoms with Crippen LogP contribution in [0.3, 0.4) is 0 Å². The number of esters is 2. The van der Waals surface area contributed by atoms with Crippen LogP contribution in [-0.2, 0) is 19.1 Å². The number of carbonyl (C=O) groups excluding carboxylic acids is 2. The van der Waals surface area contributed by atoms with Crippen molar-refractivity contribution in [3.8, 4) is 0 Å². The fraction of sp³-hybridized carbons (Fsp3) is 0.818. The molecule has 0 bridgehead atoms. The molecule has 5 heteroatoms. The maximum atomic E-state index is 11.5. The zero-order chi connectivity index (χ0) is 12.9. The molecule has 0 fully saturated rings. The van der Waals surface area contributed by atoms with Crippen molar-refractivity contribution in [1.29, 1.82) is 0 Å². The van der Waals surface area contributed by atoms with E-state index in [0.717, 1.165) is 0 Å². The van der Waals surface area contributed by atoms with Crippen molar-refractivity contribution in [3.63, 3.8) is 0 Å². The Morgan fingerprint density at radius 2 is 1.75 bits per heavy atom. The van der Waals surface area contributed by atoms with Gasteiger partial charge in [-0.05, 0) is 34.9 Å². The Hall–Kier alpha value is -1.10. The number of carbonyl (C=O) groups is 2. The number of likely N-dealkylation sites (N-methyl/N-ethyl adjacent to an activating group) is 1. The van der Waals surface area contributed by atoms with Gasteiger partial charge in [-0.25, -0.2) is 0 Å². The predicted molar refractivity (Wildman–Crippen MR) is 60.0 cm³/mol. The third kappa shape index (κ3) is 5.70. The molecule has 0 radical (unpaired) electrons. The van der Waals surface area contributed by atoms with E-state index in [1.807, 2.05) is 0 Å². The van der Waals surface area contributed by atoms with Crippen molar-refractivity contribution in [2.75, 3.05) is 21.2 Å². The van der Waals surface area contributed by atoms with Crippen LogP contribution in [0, 0.1) is 0 Å². The number of methoxy groups -OCH3 is 1. The van der Waals surface area contributed by atoms with Gasteiger partial charge in [0.05, 0.1) is 13.5 Å². The Balaban J connectivity index is 4.42. The molecule has 0 saturated carbocycles. The lowest BCUT2D eigenvalue weighted by molar-refractivity contribution is -0.161. The highest BCUT2D eigenvalue weighted by molar-refractivity contribution is 5.82. The van der Waals surface area contributed by atoms with Crippen molar-refractivity contribution in [1.82, 2.24) is 4.90 Å². The highest BCUT2D eigenvalue weighted by atomic mass is 16.6. The molecule has 1 unspecified atom stereocenters. The largest absolute Gasteiger partial charge is 0.468 e. The van der Waals surface area contributed by atoms with E-state index in [1.54, 1.807) is 39.8 Å². The Morgan fingerprint density at radius 1 is 1.25 bits per heavy atom. The molecular formula is C11H21NO4. The molecule has 0 spiro atoms. The van der Waals surface area contributed by atoms with Crippen LogP contribution in [0.2, 0.25) is 0 Å². The average Bonchev–Trinajstić information content (AvgIpc) is 2.09. The van der Waals surface area contributed by atoms with Gasteiger partial charge in [0.2, 0.25) is 0 Å². The lowest BCUT2D eigenvalue weighted by atomic mass is 10.1. The summed E-state index contributed by atoms with van der Waals surface area (Å²) >= 11 is 0. The summed E-state index contributed by atoms with van der Waals surface area (Å²) in [6, 6.07) is -0.597. The average molecular weight is 231 g/mol. The Labute approximate surface area is 96.7 Å². The van der Waals surface area contributed by atoms with Gasteiger partial charge in [0.15, 0.2) is 0 Å². The maximum absolute atomic E-state index is 11.5. The van der Waals surface area contributed by atoms with Crippen LogP contribution < -0.4 is 0 Å².